The summed E-state index contributed by atoms with van der Waals surface area (Å²) in [5, 5.41) is 3.78. The van der Waals surface area contributed by atoms with E-state index in [1.807, 2.05) is 30.3 Å². The van der Waals surface area contributed by atoms with E-state index in [1.165, 1.54) is 0 Å². The lowest BCUT2D eigenvalue weighted by molar-refractivity contribution is 0.0931. The number of hydrogen-bond acceptors (Lipinski definition) is 3. The molecule has 0 saturated heterocycles. The summed E-state index contributed by atoms with van der Waals surface area (Å²) in [6.45, 7) is 0. The molecule has 1 aliphatic carbocycles. The second kappa shape index (κ2) is 6.98. The van der Waals surface area contributed by atoms with Gasteiger partial charge < -0.3 is 11.1 Å². The Balaban J connectivity index is 1.54. The Hall–Kier alpha value is -2.37. The topological polar surface area (TPSA) is 68.0 Å². The number of pyridine rings is 1. The molecule has 0 aliphatic heterocycles. The Morgan fingerprint density at radius 3 is 2.37 bits per heavy atom. The van der Waals surface area contributed by atoms with Crippen LogP contribution in [-0.4, -0.2) is 10.9 Å². The number of nitrogens with one attached hydrogen (secondary N) is 1. The molecule has 3 N–H and O–H groups in total. The number of benzene rings is 2. The Labute approximate surface area is 170 Å². The summed E-state index contributed by atoms with van der Waals surface area (Å²) >= 11 is 9.27. The van der Waals surface area contributed by atoms with Crippen LogP contribution in [0.25, 0.3) is 11.3 Å². The number of nitrogens with zero attached hydrogens (tertiary/aromatic N) is 1. The fraction of sp³-hybridized carbons (Fsp3) is 0.143. The molecule has 4 nitrogen and oxygen atoms in total. The molecule has 1 aliphatic rings. The molecule has 3 aromatic rings. The molecule has 1 heterocycles. The van der Waals surface area contributed by atoms with E-state index in [2.05, 4.69) is 26.2 Å². The van der Waals surface area contributed by atoms with Crippen LogP contribution in [0.2, 0.25) is 5.02 Å². The van der Waals surface area contributed by atoms with Crippen molar-refractivity contribution in [3.63, 3.8) is 0 Å². The van der Waals surface area contributed by atoms with Crippen LogP contribution in [0.15, 0.2) is 65.3 Å². The molecule has 136 valence electrons. The zero-order valence-electron chi connectivity index (χ0n) is 14.4. The molecular formula is C21H17BrClN3O. The van der Waals surface area contributed by atoms with Gasteiger partial charge in [0.15, 0.2) is 0 Å². The second-order valence-electron chi connectivity index (χ2n) is 6.71. The molecule has 27 heavy (non-hydrogen) atoms. The quantitative estimate of drug-likeness (QED) is 0.586. The van der Waals surface area contributed by atoms with Gasteiger partial charge in [-0.2, -0.15) is 0 Å². The minimum Gasteiger partial charge on any atom is -0.397 e. The lowest BCUT2D eigenvalue weighted by atomic mass is 10.0. The first-order valence-electron chi connectivity index (χ1n) is 8.57. The summed E-state index contributed by atoms with van der Waals surface area (Å²) in [5.74, 6) is -0.0907. The highest BCUT2D eigenvalue weighted by Gasteiger charge is 2.45. The lowest BCUT2D eigenvalue weighted by Gasteiger charge is -2.18. The molecule has 1 saturated carbocycles. The number of hydrogen-bond donors (Lipinski definition) is 2. The number of aromatic nitrogens is 1. The number of amides is 1. The summed E-state index contributed by atoms with van der Waals surface area (Å²) in [6.07, 6.45) is 3.57. The zero-order chi connectivity index (χ0) is 19.0. The number of anilines is 1. The SMILES string of the molecule is Nc1cc(Br)cnc1-c1ccc(C2(NC(=O)c3ccc(Cl)cc3)CC2)cc1. The van der Waals surface area contributed by atoms with E-state index < -0.39 is 0 Å². The van der Waals surface area contributed by atoms with Crippen molar-refractivity contribution in [1.82, 2.24) is 10.3 Å². The Morgan fingerprint density at radius 2 is 1.78 bits per heavy atom. The molecule has 0 spiro atoms. The van der Waals surface area contributed by atoms with Crippen molar-refractivity contribution in [1.29, 1.82) is 0 Å². The number of halogens is 2. The summed E-state index contributed by atoms with van der Waals surface area (Å²) in [7, 11) is 0. The molecule has 0 unspecified atom stereocenters. The molecule has 0 bridgehead atoms. The molecule has 4 rings (SSSR count). The molecule has 1 aromatic heterocycles. The van der Waals surface area contributed by atoms with E-state index in [-0.39, 0.29) is 11.4 Å². The third-order valence-electron chi connectivity index (χ3n) is 4.80. The predicted octanol–water partition coefficient (Wildman–Crippen LogP) is 5.17. The maximum atomic E-state index is 12.6. The lowest BCUT2D eigenvalue weighted by Crippen LogP contribution is -2.34. The van der Waals surface area contributed by atoms with Crippen LogP contribution in [0.3, 0.4) is 0 Å². The van der Waals surface area contributed by atoms with Crippen molar-refractivity contribution < 1.29 is 4.79 Å². The van der Waals surface area contributed by atoms with E-state index in [0.29, 0.717) is 16.3 Å². The van der Waals surface area contributed by atoms with E-state index in [9.17, 15) is 4.79 Å². The van der Waals surface area contributed by atoms with Gasteiger partial charge in [0.05, 0.1) is 16.9 Å². The molecule has 6 heteroatoms. The first kappa shape index (κ1) is 18.0. The maximum Gasteiger partial charge on any atom is 0.251 e. The van der Waals surface area contributed by atoms with Crippen LogP contribution in [0.5, 0.6) is 0 Å². The first-order valence-corrected chi connectivity index (χ1v) is 9.74. The highest BCUT2D eigenvalue weighted by Crippen LogP contribution is 2.46. The Morgan fingerprint density at radius 1 is 1.11 bits per heavy atom. The minimum atomic E-state index is -0.298. The van der Waals surface area contributed by atoms with Crippen molar-refractivity contribution in [3.05, 3.63) is 81.4 Å². The first-order chi connectivity index (χ1) is 13.0. The fourth-order valence-electron chi connectivity index (χ4n) is 3.14. The molecule has 0 radical (unpaired) electrons. The Bertz CT molecular complexity index is 999. The Kier molecular flexibility index (Phi) is 4.66. The van der Waals surface area contributed by atoms with Gasteiger partial charge in [-0.3, -0.25) is 9.78 Å². The van der Waals surface area contributed by atoms with Gasteiger partial charge >= 0.3 is 0 Å². The number of carbonyl (C=O) groups excluding carboxylic acids is 1. The number of nitrogen functional groups attached to an aromatic ring is 1. The zero-order valence-corrected chi connectivity index (χ0v) is 16.7. The summed E-state index contributed by atoms with van der Waals surface area (Å²) in [6, 6.07) is 16.8. The molecule has 0 atom stereocenters. The number of carbonyl (C=O) groups is 1. The van der Waals surface area contributed by atoms with Gasteiger partial charge in [0.2, 0.25) is 0 Å². The van der Waals surface area contributed by atoms with Crippen LogP contribution in [0.4, 0.5) is 5.69 Å². The third kappa shape index (κ3) is 3.70. The van der Waals surface area contributed by atoms with Crippen LogP contribution >= 0.6 is 27.5 Å². The largest absolute Gasteiger partial charge is 0.397 e. The maximum absolute atomic E-state index is 12.6. The van der Waals surface area contributed by atoms with Gasteiger partial charge in [-0.15, -0.1) is 0 Å². The smallest absolute Gasteiger partial charge is 0.251 e. The summed E-state index contributed by atoms with van der Waals surface area (Å²) in [5.41, 5.74) is 9.78. The van der Waals surface area contributed by atoms with E-state index in [0.717, 1.165) is 34.1 Å². The standard InChI is InChI=1S/C21H17BrClN3O/c22-16-11-18(24)19(25-12-16)13-1-5-15(6-2-13)21(9-10-21)26-20(27)14-3-7-17(23)8-4-14/h1-8,11-12H,9-10,24H2,(H,26,27). The van der Waals surface area contributed by atoms with E-state index in [1.54, 1.807) is 30.5 Å². The van der Waals surface area contributed by atoms with Crippen molar-refractivity contribution in [2.75, 3.05) is 5.73 Å². The van der Waals surface area contributed by atoms with Gasteiger partial charge in [0.1, 0.15) is 0 Å². The number of nitrogens with two attached hydrogens (primary N) is 1. The average Bonchev–Trinajstić information content (AvgIpc) is 3.43. The normalized spacial score (nSPS) is 14.6. The van der Waals surface area contributed by atoms with Gasteiger partial charge in [-0.05, 0) is 64.7 Å². The minimum absolute atomic E-state index is 0.0907. The van der Waals surface area contributed by atoms with Crippen molar-refractivity contribution in [2.45, 2.75) is 18.4 Å². The van der Waals surface area contributed by atoms with Crippen molar-refractivity contribution >= 4 is 39.1 Å². The molecular weight excluding hydrogens is 426 g/mol. The molecule has 1 amide bonds. The van der Waals surface area contributed by atoms with Crippen LogP contribution in [0.1, 0.15) is 28.8 Å². The van der Waals surface area contributed by atoms with Crippen molar-refractivity contribution in [2.24, 2.45) is 0 Å². The molecule has 2 aromatic carbocycles. The third-order valence-corrected chi connectivity index (χ3v) is 5.49. The number of rotatable bonds is 4. The van der Waals surface area contributed by atoms with Crippen LogP contribution < -0.4 is 11.1 Å². The van der Waals surface area contributed by atoms with Gasteiger partial charge in [-0.1, -0.05) is 35.9 Å². The highest BCUT2D eigenvalue weighted by molar-refractivity contribution is 9.10. The monoisotopic (exact) mass is 441 g/mol. The fourth-order valence-corrected chi connectivity index (χ4v) is 3.62. The van der Waals surface area contributed by atoms with Gasteiger partial charge in [-0.25, -0.2) is 0 Å². The predicted molar refractivity (Wildman–Crippen MR) is 112 cm³/mol. The second-order valence-corrected chi connectivity index (χ2v) is 8.06. The van der Waals surface area contributed by atoms with Gasteiger partial charge in [0.25, 0.3) is 5.91 Å². The van der Waals surface area contributed by atoms with Crippen LogP contribution in [-0.2, 0) is 5.54 Å². The van der Waals surface area contributed by atoms with E-state index >= 15 is 0 Å². The van der Waals surface area contributed by atoms with Crippen molar-refractivity contribution in [3.8, 4) is 11.3 Å². The molecule has 1 fully saturated rings. The average molecular weight is 443 g/mol. The summed E-state index contributed by atoms with van der Waals surface area (Å²) < 4.78 is 0.849. The van der Waals surface area contributed by atoms with Gasteiger partial charge in [0, 0.05) is 26.8 Å². The van der Waals surface area contributed by atoms with E-state index in [4.69, 9.17) is 17.3 Å². The van der Waals surface area contributed by atoms with Crippen LogP contribution in [0, 0.1) is 0 Å². The highest BCUT2D eigenvalue weighted by atomic mass is 79.9. The summed E-state index contributed by atoms with van der Waals surface area (Å²) in [4.78, 5) is 17.0.